The van der Waals surface area contributed by atoms with Gasteiger partial charge in [-0.25, -0.2) is 0 Å². The van der Waals surface area contributed by atoms with Crippen molar-refractivity contribution in [3.05, 3.63) is 424 Å². The minimum atomic E-state index is -0.410. The first-order chi connectivity index (χ1) is 62.7. The lowest BCUT2D eigenvalue weighted by Gasteiger charge is -2.21. The van der Waals surface area contributed by atoms with E-state index in [9.17, 15) is 0 Å². The molecule has 0 amide bonds. The van der Waals surface area contributed by atoms with Gasteiger partial charge in [0, 0.05) is 54.5 Å². The third kappa shape index (κ3) is 10.4. The monoisotopic (exact) mass is 1510 g/mol. The summed E-state index contributed by atoms with van der Waals surface area (Å²) in [5.41, 5.74) is 21.8. The first-order valence-corrected chi connectivity index (χ1v) is 39.8. The Bertz CT molecular complexity index is 8890. The van der Waals surface area contributed by atoms with E-state index in [-0.39, 0.29) is 59.5 Å². The maximum Gasteiger partial charge on any atom is 0.137 e. The van der Waals surface area contributed by atoms with E-state index in [1.165, 1.54) is 21.5 Å². The minimum absolute atomic E-state index is 0.192. The van der Waals surface area contributed by atoms with Crippen molar-refractivity contribution in [1.29, 1.82) is 0 Å². The fourth-order valence-corrected chi connectivity index (χ4v) is 19.2. The first-order valence-electron chi connectivity index (χ1n) is 44.8. The minimum Gasteiger partial charge on any atom is -0.456 e. The summed E-state index contributed by atoms with van der Waals surface area (Å²) in [6.45, 7) is 0. The van der Waals surface area contributed by atoms with Gasteiger partial charge in [0.1, 0.15) is 22.3 Å². The highest BCUT2D eigenvalue weighted by Gasteiger charge is 2.28. The van der Waals surface area contributed by atoms with Gasteiger partial charge in [-0.2, -0.15) is 0 Å². The van der Waals surface area contributed by atoms with Crippen molar-refractivity contribution in [3.63, 3.8) is 0 Å². The molecule has 0 radical (unpaired) electrons. The first kappa shape index (κ1) is 57.4. The van der Waals surface area contributed by atoms with Crippen LogP contribution in [0.4, 0.5) is 0 Å². The summed E-state index contributed by atoms with van der Waals surface area (Å²) < 4.78 is 106. The van der Waals surface area contributed by atoms with E-state index in [0.717, 1.165) is 198 Å². The SMILES string of the molecule is [2H]c1c([2H])c([2H])c(-c2c3ccccc3c(-c3cc(-c4ccc5oc6ccccc6c5c4-c4ccc5c6ccccc6n(-c6ccccc6)c5c4)cc4ccccc34)c3ccccc23)c([2H])c1[2H].[2H]c1c([2H])c([2H])c(-c2c3ccccc3c(-c3cc(-c4ccc5oc6ccccc6c5c4-n4c5ccccc5c5ccccc54)cc4ccccc34)c3ccccc23)c([2H])c1[2H]. The molecule has 0 spiro atoms. The fraction of sp³-hybridized carbons (Fsp3) is 0. The molecule has 25 aromatic rings. The molecule has 0 bridgehead atoms. The molecule has 548 valence electrons. The Morgan fingerprint density at radius 2 is 0.551 bits per heavy atom. The van der Waals surface area contributed by atoms with Crippen molar-refractivity contribution >= 4 is 152 Å². The zero-order valence-electron chi connectivity index (χ0n) is 73.4. The number of para-hydroxylation sites is 6. The molecule has 0 aliphatic heterocycles. The number of rotatable bonds is 9. The summed E-state index contributed by atoms with van der Waals surface area (Å²) in [5.74, 6) is 0. The molecule has 118 heavy (non-hydrogen) atoms. The fourth-order valence-electron chi connectivity index (χ4n) is 19.2. The van der Waals surface area contributed by atoms with Crippen LogP contribution in [-0.4, -0.2) is 9.13 Å². The summed E-state index contributed by atoms with van der Waals surface area (Å²) in [5, 5.41) is 20.1. The van der Waals surface area contributed by atoms with Crippen LogP contribution in [0.25, 0.3) is 241 Å². The van der Waals surface area contributed by atoms with E-state index in [1.54, 1.807) is 0 Å². The molecule has 4 aromatic heterocycles. The lowest BCUT2D eigenvalue weighted by Crippen LogP contribution is -1.99. The van der Waals surface area contributed by atoms with E-state index < -0.39 is 12.1 Å². The number of benzene rings is 21. The van der Waals surface area contributed by atoms with Crippen LogP contribution < -0.4 is 0 Å². The maximum atomic E-state index is 9.11. The summed E-state index contributed by atoms with van der Waals surface area (Å²) >= 11 is 0. The Morgan fingerprint density at radius 3 is 1.03 bits per heavy atom. The molecule has 21 aromatic carbocycles. The summed E-state index contributed by atoms with van der Waals surface area (Å²) in [6, 6.07) is 124. The van der Waals surface area contributed by atoms with Gasteiger partial charge in [0.05, 0.1) is 46.8 Å². The van der Waals surface area contributed by atoms with Crippen LogP contribution >= 0.6 is 0 Å². The van der Waals surface area contributed by atoms with Crippen LogP contribution in [0.15, 0.2) is 433 Å². The molecule has 0 atom stereocenters. The standard InChI is InChI=1S/C60H37NO.C54H33NO/c1-3-17-38(18-4-1)57-47-24-9-11-26-49(47)59(50-27-12-10-25-48(50)57)52-36-41(35-39-19-7-8-22-43(39)52)44-33-34-56-60(51-28-14-16-30-55(51)62-56)58(44)40-31-32-46-45-23-13-15-29-53(45)61(54(46)37-40)42-20-5-2-6-21-42;1-2-16-34(17-3-1)51-41-22-6-8-24-43(41)52(44-25-9-7-23-42(44)51)46-33-36(32-35-18-4-5-19-37(35)46)38-30-31-50-53(45-26-12-15-29-49(45)56-50)54(38)55-47-27-13-10-20-39(47)40-21-11-14-28-48(40)55/h1-37H;1-33H/i1D,3D,4D,17D,18D;1D,2D,3D,16D,17D. The highest BCUT2D eigenvalue weighted by molar-refractivity contribution is 6.27. The zero-order chi connectivity index (χ0) is 86.2. The smallest absolute Gasteiger partial charge is 0.137 e. The van der Waals surface area contributed by atoms with Crippen LogP contribution in [0.1, 0.15) is 13.7 Å². The van der Waals surface area contributed by atoms with Gasteiger partial charge in [-0.15, -0.1) is 0 Å². The topological polar surface area (TPSA) is 36.1 Å². The lowest BCUT2D eigenvalue weighted by atomic mass is 9.83. The zero-order valence-corrected chi connectivity index (χ0v) is 63.4. The van der Waals surface area contributed by atoms with Crippen molar-refractivity contribution in [2.24, 2.45) is 0 Å². The molecule has 0 saturated carbocycles. The molecule has 0 saturated heterocycles. The summed E-state index contributed by atoms with van der Waals surface area (Å²) in [7, 11) is 0. The molecule has 4 nitrogen and oxygen atoms in total. The number of fused-ring (bicyclic) bond motifs is 18. The van der Waals surface area contributed by atoms with Crippen molar-refractivity contribution in [2.75, 3.05) is 0 Å². The Morgan fingerprint density at radius 1 is 0.195 bits per heavy atom. The van der Waals surface area contributed by atoms with Crippen molar-refractivity contribution in [2.45, 2.75) is 0 Å². The highest BCUT2D eigenvalue weighted by atomic mass is 16.3. The van der Waals surface area contributed by atoms with Gasteiger partial charge in [0.15, 0.2) is 0 Å². The van der Waals surface area contributed by atoms with Crippen molar-refractivity contribution in [3.8, 4) is 89.3 Å². The van der Waals surface area contributed by atoms with E-state index in [0.29, 0.717) is 11.1 Å². The second-order valence-corrected chi connectivity index (χ2v) is 30.4. The highest BCUT2D eigenvalue weighted by Crippen LogP contribution is 2.53. The Hall–Kier alpha value is -15.6. The molecule has 0 unspecified atom stereocenters. The second-order valence-electron chi connectivity index (χ2n) is 30.4. The quantitative estimate of drug-likeness (QED) is 0.135. The third-order valence-electron chi connectivity index (χ3n) is 24.1. The largest absolute Gasteiger partial charge is 0.456 e. The van der Waals surface area contributed by atoms with Crippen LogP contribution in [0.2, 0.25) is 0 Å². The number of aromatic nitrogens is 2. The number of nitrogens with zero attached hydrogens (tertiary/aromatic N) is 2. The van der Waals surface area contributed by atoms with Crippen LogP contribution in [-0.2, 0) is 0 Å². The predicted molar refractivity (Wildman–Crippen MR) is 499 cm³/mol. The van der Waals surface area contributed by atoms with Gasteiger partial charge in [-0.05, 0) is 222 Å². The van der Waals surface area contributed by atoms with Crippen LogP contribution in [0.5, 0.6) is 0 Å². The molecule has 4 heterocycles. The predicted octanol–water partition coefficient (Wildman–Crippen LogP) is 32.0. The van der Waals surface area contributed by atoms with Crippen molar-refractivity contribution in [1.82, 2.24) is 9.13 Å². The van der Waals surface area contributed by atoms with E-state index >= 15 is 0 Å². The van der Waals surface area contributed by atoms with Gasteiger partial charge >= 0.3 is 0 Å². The molecular weight excluding hydrogens is 1430 g/mol. The van der Waals surface area contributed by atoms with E-state index in [4.69, 9.17) is 22.5 Å². The van der Waals surface area contributed by atoms with Gasteiger partial charge < -0.3 is 18.0 Å². The molecule has 0 aliphatic rings. The average molecular weight is 1510 g/mol. The normalized spacial score (nSPS) is 13.1. The van der Waals surface area contributed by atoms with Gasteiger partial charge in [-0.1, -0.05) is 333 Å². The molecule has 0 fully saturated rings. The van der Waals surface area contributed by atoms with E-state index in [1.807, 2.05) is 97.1 Å². The van der Waals surface area contributed by atoms with Crippen molar-refractivity contribution < 1.29 is 22.5 Å². The third-order valence-corrected chi connectivity index (χ3v) is 24.1. The maximum absolute atomic E-state index is 9.11. The lowest BCUT2D eigenvalue weighted by molar-refractivity contribution is 0.668. The number of furan rings is 2. The second kappa shape index (κ2) is 27.0. The van der Waals surface area contributed by atoms with Gasteiger partial charge in [0.2, 0.25) is 0 Å². The Labute approximate surface area is 693 Å². The molecule has 25 rings (SSSR count). The molecule has 0 N–H and O–H groups in total. The van der Waals surface area contributed by atoms with Gasteiger partial charge in [-0.3, -0.25) is 0 Å². The Kier molecular flexibility index (Phi) is 13.2. The number of hydrogen-bond donors (Lipinski definition) is 0. The molecule has 4 heteroatoms. The molecule has 0 aliphatic carbocycles. The average Bonchev–Trinajstić information content (AvgIpc) is 1.17. The Balaban J connectivity index is 0.000000143. The van der Waals surface area contributed by atoms with Crippen LogP contribution in [0, 0.1) is 0 Å². The summed E-state index contributed by atoms with van der Waals surface area (Å²) in [6.07, 6.45) is 0. The van der Waals surface area contributed by atoms with Crippen LogP contribution in [0.3, 0.4) is 0 Å². The van der Waals surface area contributed by atoms with E-state index in [2.05, 4.69) is 276 Å². The molecular formula is C114H70N2O2. The van der Waals surface area contributed by atoms with Gasteiger partial charge in [0.25, 0.3) is 0 Å². The number of hydrogen-bond acceptors (Lipinski definition) is 2. The summed E-state index contributed by atoms with van der Waals surface area (Å²) in [4.78, 5) is 0.